The number of nitrogens with one attached hydrogen (secondary N) is 2. The molecule has 2 N–H and O–H groups in total. The number of methoxy groups -OCH3 is 1. The summed E-state index contributed by atoms with van der Waals surface area (Å²) >= 11 is 5.87. The summed E-state index contributed by atoms with van der Waals surface area (Å²) in [6.07, 6.45) is 0. The molecule has 1 aromatic carbocycles. The van der Waals surface area contributed by atoms with Crippen molar-refractivity contribution in [3.63, 3.8) is 0 Å². The number of hydrogen-bond acceptors (Lipinski definition) is 4. The third-order valence-corrected chi connectivity index (χ3v) is 2.58. The predicted molar refractivity (Wildman–Crippen MR) is 67.1 cm³/mol. The van der Waals surface area contributed by atoms with E-state index in [1.165, 1.54) is 7.11 Å². The molecule has 94 valence electrons. The number of rotatable bonds is 3. The van der Waals surface area contributed by atoms with Crippen molar-refractivity contribution in [1.82, 2.24) is 15.4 Å². The molecule has 18 heavy (non-hydrogen) atoms. The van der Waals surface area contributed by atoms with Gasteiger partial charge in [0.15, 0.2) is 5.69 Å². The Bertz CT molecular complexity index is 582. The summed E-state index contributed by atoms with van der Waals surface area (Å²) in [5.41, 5.74) is 1.24. The summed E-state index contributed by atoms with van der Waals surface area (Å²) in [6, 6.07) is 4.96. The first-order valence-corrected chi connectivity index (χ1v) is 5.52. The summed E-state index contributed by atoms with van der Waals surface area (Å²) in [5.74, 6) is 0.149. The van der Waals surface area contributed by atoms with E-state index in [0.717, 1.165) is 0 Å². The maximum Gasteiger partial charge on any atom is 0.278 e. The van der Waals surface area contributed by atoms with E-state index in [1.54, 1.807) is 25.1 Å². The first-order chi connectivity index (χ1) is 8.61. The van der Waals surface area contributed by atoms with E-state index in [1.807, 2.05) is 0 Å². The Balaban J connectivity index is 2.27. The van der Waals surface area contributed by atoms with Crippen molar-refractivity contribution in [2.75, 3.05) is 12.4 Å². The molecular weight excluding hydrogens is 256 g/mol. The number of aromatic nitrogens is 3. The fourth-order valence-corrected chi connectivity index (χ4v) is 1.63. The van der Waals surface area contributed by atoms with E-state index in [4.69, 9.17) is 16.3 Å². The number of benzene rings is 1. The molecule has 0 fully saturated rings. The highest BCUT2D eigenvalue weighted by Gasteiger charge is 2.15. The van der Waals surface area contributed by atoms with Crippen molar-refractivity contribution < 1.29 is 9.53 Å². The highest BCUT2D eigenvalue weighted by atomic mass is 35.5. The van der Waals surface area contributed by atoms with Crippen LogP contribution in [0.2, 0.25) is 5.02 Å². The van der Waals surface area contributed by atoms with Crippen LogP contribution in [-0.2, 0) is 0 Å². The molecule has 0 radical (unpaired) electrons. The lowest BCUT2D eigenvalue weighted by molar-refractivity contribution is 0.102. The van der Waals surface area contributed by atoms with Crippen LogP contribution in [0.15, 0.2) is 18.2 Å². The van der Waals surface area contributed by atoms with Gasteiger partial charge in [0.05, 0.1) is 18.5 Å². The first-order valence-electron chi connectivity index (χ1n) is 5.14. The van der Waals surface area contributed by atoms with Gasteiger partial charge < -0.3 is 10.1 Å². The van der Waals surface area contributed by atoms with Crippen molar-refractivity contribution >= 4 is 23.2 Å². The Labute approximate surface area is 108 Å². The Morgan fingerprint density at radius 2 is 2.22 bits per heavy atom. The van der Waals surface area contributed by atoms with Crippen LogP contribution in [-0.4, -0.2) is 28.4 Å². The SMILES string of the molecule is COc1ccc(Cl)cc1NC(=O)c1n[nH]nc1C. The smallest absolute Gasteiger partial charge is 0.278 e. The van der Waals surface area contributed by atoms with Crippen molar-refractivity contribution in [1.29, 1.82) is 0 Å². The molecule has 0 spiro atoms. The average Bonchev–Trinajstić information content (AvgIpc) is 2.76. The third kappa shape index (κ3) is 2.43. The van der Waals surface area contributed by atoms with E-state index >= 15 is 0 Å². The van der Waals surface area contributed by atoms with Crippen LogP contribution >= 0.6 is 11.6 Å². The van der Waals surface area contributed by atoms with E-state index in [2.05, 4.69) is 20.7 Å². The Morgan fingerprint density at radius 1 is 1.44 bits per heavy atom. The average molecular weight is 267 g/mol. The lowest BCUT2D eigenvalue weighted by Crippen LogP contribution is -2.14. The third-order valence-electron chi connectivity index (χ3n) is 2.35. The molecule has 6 nitrogen and oxygen atoms in total. The quantitative estimate of drug-likeness (QED) is 0.891. The van der Waals surface area contributed by atoms with E-state index in [0.29, 0.717) is 22.2 Å². The van der Waals surface area contributed by atoms with Crippen molar-refractivity contribution in [2.45, 2.75) is 6.92 Å². The minimum atomic E-state index is -0.373. The van der Waals surface area contributed by atoms with Crippen molar-refractivity contribution in [3.8, 4) is 5.75 Å². The molecule has 0 saturated carbocycles. The van der Waals surface area contributed by atoms with Gasteiger partial charge in [-0.15, -0.1) is 0 Å². The van der Waals surface area contributed by atoms with Gasteiger partial charge in [-0.25, -0.2) is 0 Å². The Hall–Kier alpha value is -2.08. The van der Waals surface area contributed by atoms with Gasteiger partial charge in [-0.05, 0) is 25.1 Å². The van der Waals surface area contributed by atoms with Gasteiger partial charge in [0, 0.05) is 5.02 Å². The molecule has 0 bridgehead atoms. The monoisotopic (exact) mass is 266 g/mol. The minimum Gasteiger partial charge on any atom is -0.495 e. The predicted octanol–water partition coefficient (Wildman–Crippen LogP) is 2.03. The zero-order valence-electron chi connectivity index (χ0n) is 9.82. The second-order valence-corrected chi connectivity index (χ2v) is 3.99. The van der Waals surface area contributed by atoms with Gasteiger partial charge in [-0.3, -0.25) is 4.79 Å². The molecule has 1 heterocycles. The van der Waals surface area contributed by atoms with Crippen LogP contribution in [0.3, 0.4) is 0 Å². The van der Waals surface area contributed by atoms with Gasteiger partial charge in [0.1, 0.15) is 5.75 Å². The fraction of sp³-hybridized carbons (Fsp3) is 0.182. The summed E-state index contributed by atoms with van der Waals surface area (Å²) in [7, 11) is 1.51. The largest absolute Gasteiger partial charge is 0.495 e. The molecule has 1 aromatic heterocycles. The maximum atomic E-state index is 11.9. The molecule has 0 aliphatic carbocycles. The zero-order valence-corrected chi connectivity index (χ0v) is 10.6. The molecule has 0 atom stereocenters. The van der Waals surface area contributed by atoms with Gasteiger partial charge in [0.25, 0.3) is 5.91 Å². The highest BCUT2D eigenvalue weighted by molar-refractivity contribution is 6.31. The molecule has 0 saturated heterocycles. The van der Waals surface area contributed by atoms with Gasteiger partial charge in [-0.1, -0.05) is 11.6 Å². The zero-order chi connectivity index (χ0) is 13.1. The van der Waals surface area contributed by atoms with Crippen LogP contribution in [0.4, 0.5) is 5.69 Å². The van der Waals surface area contributed by atoms with Crippen molar-refractivity contribution in [2.24, 2.45) is 0 Å². The Kier molecular flexibility index (Phi) is 3.47. The molecule has 7 heteroatoms. The van der Waals surface area contributed by atoms with E-state index in [-0.39, 0.29) is 11.6 Å². The molecule has 1 amide bonds. The second kappa shape index (κ2) is 5.05. The number of halogens is 1. The second-order valence-electron chi connectivity index (χ2n) is 3.56. The van der Waals surface area contributed by atoms with Crippen LogP contribution in [0.25, 0.3) is 0 Å². The standard InChI is InChI=1S/C11H11ClN4O2/c1-6-10(15-16-14-6)11(17)13-8-5-7(12)3-4-9(8)18-2/h3-5H,1-2H3,(H,13,17)(H,14,15,16). The highest BCUT2D eigenvalue weighted by Crippen LogP contribution is 2.28. The number of H-pyrrole nitrogens is 1. The molecule has 2 aromatic rings. The number of ether oxygens (including phenoxy) is 1. The van der Waals surface area contributed by atoms with Crippen LogP contribution < -0.4 is 10.1 Å². The van der Waals surface area contributed by atoms with Crippen molar-refractivity contribution in [3.05, 3.63) is 34.6 Å². The van der Waals surface area contributed by atoms with Gasteiger partial charge in [-0.2, -0.15) is 15.4 Å². The minimum absolute atomic E-state index is 0.233. The molecule has 0 unspecified atom stereocenters. The maximum absolute atomic E-state index is 11.9. The number of carbonyl (C=O) groups excluding carboxylic acids is 1. The number of carbonyl (C=O) groups is 1. The number of aryl methyl sites for hydroxylation is 1. The first kappa shape index (κ1) is 12.4. The summed E-state index contributed by atoms with van der Waals surface area (Å²) in [4.78, 5) is 11.9. The molecule has 0 aliphatic rings. The fourth-order valence-electron chi connectivity index (χ4n) is 1.46. The van der Waals surface area contributed by atoms with E-state index < -0.39 is 0 Å². The summed E-state index contributed by atoms with van der Waals surface area (Å²) < 4.78 is 5.13. The normalized spacial score (nSPS) is 10.2. The summed E-state index contributed by atoms with van der Waals surface area (Å²) in [5, 5.41) is 13.1. The van der Waals surface area contributed by atoms with Gasteiger partial charge in [0.2, 0.25) is 0 Å². The van der Waals surface area contributed by atoms with Gasteiger partial charge >= 0.3 is 0 Å². The van der Waals surface area contributed by atoms with Crippen LogP contribution in [0, 0.1) is 6.92 Å². The number of anilines is 1. The lowest BCUT2D eigenvalue weighted by Gasteiger charge is -2.09. The van der Waals surface area contributed by atoms with Crippen LogP contribution in [0.5, 0.6) is 5.75 Å². The number of nitrogens with zero attached hydrogens (tertiary/aromatic N) is 2. The number of hydrogen-bond donors (Lipinski definition) is 2. The lowest BCUT2D eigenvalue weighted by atomic mass is 10.2. The topological polar surface area (TPSA) is 79.9 Å². The molecular formula is C11H11ClN4O2. The summed E-state index contributed by atoms with van der Waals surface area (Å²) in [6.45, 7) is 1.69. The Morgan fingerprint density at radius 3 is 2.83 bits per heavy atom. The number of aromatic amines is 1. The molecule has 0 aliphatic heterocycles. The van der Waals surface area contributed by atoms with Crippen LogP contribution in [0.1, 0.15) is 16.2 Å². The van der Waals surface area contributed by atoms with E-state index in [9.17, 15) is 4.79 Å². The molecule has 2 rings (SSSR count). The number of amides is 1.